The molecule has 4 heteroatoms. The third kappa shape index (κ3) is 2.25. The number of aliphatic hydroxyl groups excluding tert-OH is 1. The Labute approximate surface area is 94.8 Å². The first-order valence-corrected chi connectivity index (χ1v) is 5.10. The Kier molecular flexibility index (Phi) is 3.97. The van der Waals surface area contributed by atoms with E-state index >= 15 is 0 Å². The zero-order chi connectivity index (χ0) is 11.5. The molecule has 3 N–H and O–H groups in total. The number of rotatable bonds is 4. The van der Waals surface area contributed by atoms with Crippen LogP contribution in [0.5, 0.6) is 5.75 Å². The summed E-state index contributed by atoms with van der Waals surface area (Å²) >= 11 is 6.10. The number of ether oxygens (including phenoxy) is 1. The van der Waals surface area contributed by atoms with Crippen LogP contribution in [-0.2, 0) is 5.41 Å². The van der Waals surface area contributed by atoms with Crippen LogP contribution in [0, 0.1) is 0 Å². The van der Waals surface area contributed by atoms with Gasteiger partial charge in [0.25, 0.3) is 0 Å². The van der Waals surface area contributed by atoms with Gasteiger partial charge in [0.2, 0.25) is 0 Å². The summed E-state index contributed by atoms with van der Waals surface area (Å²) in [5.74, 6) is 0.657. The summed E-state index contributed by atoms with van der Waals surface area (Å²) in [6, 6.07) is 5.38. The van der Waals surface area contributed by atoms with E-state index in [1.807, 2.05) is 13.0 Å². The summed E-state index contributed by atoms with van der Waals surface area (Å²) in [6.07, 6.45) is 0. The molecule has 84 valence electrons. The highest BCUT2D eigenvalue weighted by Crippen LogP contribution is 2.36. The first-order valence-electron chi connectivity index (χ1n) is 4.73. The smallest absolute Gasteiger partial charge is 0.124 e. The molecule has 0 spiro atoms. The van der Waals surface area contributed by atoms with Gasteiger partial charge < -0.3 is 15.6 Å². The molecule has 1 rings (SSSR count). The SMILES string of the molecule is COc1cccc(Cl)c1C(C)(CN)CO. The van der Waals surface area contributed by atoms with Crippen molar-refractivity contribution in [1.29, 1.82) is 0 Å². The Morgan fingerprint density at radius 2 is 2.20 bits per heavy atom. The summed E-state index contributed by atoms with van der Waals surface area (Å²) in [4.78, 5) is 0. The molecule has 1 unspecified atom stereocenters. The molecule has 0 fully saturated rings. The quantitative estimate of drug-likeness (QED) is 0.824. The zero-order valence-corrected chi connectivity index (χ0v) is 9.71. The van der Waals surface area contributed by atoms with E-state index in [1.54, 1.807) is 19.2 Å². The molecule has 0 aliphatic rings. The van der Waals surface area contributed by atoms with E-state index < -0.39 is 5.41 Å². The summed E-state index contributed by atoms with van der Waals surface area (Å²) in [7, 11) is 1.57. The molecule has 0 aromatic heterocycles. The van der Waals surface area contributed by atoms with E-state index in [1.165, 1.54) is 0 Å². The molecule has 0 radical (unpaired) electrons. The lowest BCUT2D eigenvalue weighted by molar-refractivity contribution is 0.206. The third-order valence-electron chi connectivity index (χ3n) is 2.60. The van der Waals surface area contributed by atoms with Crippen LogP contribution in [0.4, 0.5) is 0 Å². The average molecular weight is 230 g/mol. The molecular weight excluding hydrogens is 214 g/mol. The Hall–Kier alpha value is -0.770. The van der Waals surface area contributed by atoms with Crippen molar-refractivity contribution in [1.82, 2.24) is 0 Å². The normalized spacial score (nSPS) is 14.7. The lowest BCUT2D eigenvalue weighted by atomic mass is 9.82. The molecule has 0 saturated heterocycles. The fourth-order valence-corrected chi connectivity index (χ4v) is 1.90. The average Bonchev–Trinajstić information content (AvgIpc) is 2.27. The van der Waals surface area contributed by atoms with Gasteiger partial charge in [-0.25, -0.2) is 0 Å². The van der Waals surface area contributed by atoms with Crippen LogP contribution in [0.15, 0.2) is 18.2 Å². The Morgan fingerprint density at radius 3 is 2.67 bits per heavy atom. The molecule has 0 bridgehead atoms. The topological polar surface area (TPSA) is 55.5 Å². The molecule has 0 aliphatic carbocycles. The molecule has 0 aliphatic heterocycles. The van der Waals surface area contributed by atoms with Crippen molar-refractivity contribution in [2.24, 2.45) is 5.73 Å². The summed E-state index contributed by atoms with van der Waals surface area (Å²) in [6.45, 7) is 2.10. The van der Waals surface area contributed by atoms with Crippen molar-refractivity contribution >= 4 is 11.6 Å². The second-order valence-corrected chi connectivity index (χ2v) is 4.15. The van der Waals surface area contributed by atoms with Gasteiger partial charge in [0.15, 0.2) is 0 Å². The molecular formula is C11H16ClNO2. The highest BCUT2D eigenvalue weighted by atomic mass is 35.5. The first-order chi connectivity index (χ1) is 7.09. The van der Waals surface area contributed by atoms with E-state index in [4.69, 9.17) is 22.1 Å². The van der Waals surface area contributed by atoms with Crippen molar-refractivity contribution in [3.8, 4) is 5.75 Å². The number of hydrogen-bond acceptors (Lipinski definition) is 3. The van der Waals surface area contributed by atoms with Crippen LogP contribution in [0.1, 0.15) is 12.5 Å². The van der Waals surface area contributed by atoms with Crippen molar-refractivity contribution in [2.75, 3.05) is 20.3 Å². The Morgan fingerprint density at radius 1 is 1.53 bits per heavy atom. The maximum absolute atomic E-state index is 9.39. The minimum atomic E-state index is -0.566. The van der Waals surface area contributed by atoms with Crippen molar-refractivity contribution in [2.45, 2.75) is 12.3 Å². The lowest BCUT2D eigenvalue weighted by Gasteiger charge is -2.28. The molecule has 0 amide bonds. The number of nitrogens with two attached hydrogens (primary N) is 1. The fourth-order valence-electron chi connectivity index (χ4n) is 1.51. The third-order valence-corrected chi connectivity index (χ3v) is 2.91. The van der Waals surface area contributed by atoms with Gasteiger partial charge in [0, 0.05) is 22.5 Å². The van der Waals surface area contributed by atoms with Crippen LogP contribution in [0.2, 0.25) is 5.02 Å². The maximum atomic E-state index is 9.39. The van der Waals surface area contributed by atoms with E-state index in [0.717, 1.165) is 5.56 Å². The van der Waals surface area contributed by atoms with Crippen LogP contribution in [-0.4, -0.2) is 25.4 Å². The Balaban J connectivity index is 3.33. The van der Waals surface area contributed by atoms with Gasteiger partial charge in [0.1, 0.15) is 5.75 Å². The summed E-state index contributed by atoms with van der Waals surface area (Å²) in [5.41, 5.74) is 5.87. The van der Waals surface area contributed by atoms with Crippen LogP contribution in [0.3, 0.4) is 0 Å². The van der Waals surface area contributed by atoms with Crippen molar-refractivity contribution in [3.05, 3.63) is 28.8 Å². The predicted octanol–water partition coefficient (Wildman–Crippen LogP) is 1.56. The number of methoxy groups -OCH3 is 1. The second kappa shape index (κ2) is 4.84. The predicted molar refractivity (Wildman–Crippen MR) is 61.5 cm³/mol. The zero-order valence-electron chi connectivity index (χ0n) is 8.96. The number of benzene rings is 1. The summed E-state index contributed by atoms with van der Waals surface area (Å²) in [5, 5.41) is 9.95. The lowest BCUT2D eigenvalue weighted by Crippen LogP contribution is -2.36. The molecule has 0 heterocycles. The van der Waals surface area contributed by atoms with E-state index in [2.05, 4.69) is 0 Å². The van der Waals surface area contributed by atoms with Gasteiger partial charge in [-0.1, -0.05) is 24.6 Å². The van der Waals surface area contributed by atoms with E-state index in [-0.39, 0.29) is 6.61 Å². The minimum absolute atomic E-state index is 0.0659. The van der Waals surface area contributed by atoms with Gasteiger partial charge >= 0.3 is 0 Å². The molecule has 1 atom stereocenters. The van der Waals surface area contributed by atoms with Crippen LogP contribution < -0.4 is 10.5 Å². The summed E-state index contributed by atoms with van der Waals surface area (Å²) < 4.78 is 5.22. The van der Waals surface area contributed by atoms with Gasteiger partial charge in [-0.15, -0.1) is 0 Å². The van der Waals surface area contributed by atoms with E-state index in [0.29, 0.717) is 17.3 Å². The molecule has 1 aromatic rings. The molecule has 15 heavy (non-hydrogen) atoms. The molecule has 0 saturated carbocycles. The standard InChI is InChI=1S/C11H16ClNO2/c1-11(6-13,7-14)10-8(12)4-3-5-9(10)15-2/h3-5,14H,6-7,13H2,1-2H3. The van der Waals surface area contributed by atoms with Gasteiger partial charge in [-0.3, -0.25) is 0 Å². The van der Waals surface area contributed by atoms with Gasteiger partial charge in [0.05, 0.1) is 13.7 Å². The van der Waals surface area contributed by atoms with Crippen LogP contribution >= 0.6 is 11.6 Å². The molecule has 1 aromatic carbocycles. The highest BCUT2D eigenvalue weighted by molar-refractivity contribution is 6.31. The fraction of sp³-hybridized carbons (Fsp3) is 0.455. The Bertz CT molecular complexity index is 337. The van der Waals surface area contributed by atoms with Crippen LogP contribution in [0.25, 0.3) is 0 Å². The number of aliphatic hydroxyl groups is 1. The van der Waals surface area contributed by atoms with E-state index in [9.17, 15) is 5.11 Å². The highest BCUT2D eigenvalue weighted by Gasteiger charge is 2.29. The van der Waals surface area contributed by atoms with Gasteiger partial charge in [-0.05, 0) is 12.1 Å². The largest absolute Gasteiger partial charge is 0.496 e. The molecule has 3 nitrogen and oxygen atoms in total. The van der Waals surface area contributed by atoms with Crippen molar-refractivity contribution < 1.29 is 9.84 Å². The number of hydrogen-bond donors (Lipinski definition) is 2. The monoisotopic (exact) mass is 229 g/mol. The van der Waals surface area contributed by atoms with Crippen molar-refractivity contribution in [3.63, 3.8) is 0 Å². The first kappa shape index (κ1) is 12.3. The second-order valence-electron chi connectivity index (χ2n) is 3.74. The minimum Gasteiger partial charge on any atom is -0.496 e. The maximum Gasteiger partial charge on any atom is 0.124 e. The van der Waals surface area contributed by atoms with Gasteiger partial charge in [-0.2, -0.15) is 0 Å². The number of halogens is 1.